The van der Waals surface area contributed by atoms with Gasteiger partial charge in [-0.15, -0.1) is 0 Å². The van der Waals surface area contributed by atoms with E-state index >= 15 is 0 Å². The molecule has 0 aromatic carbocycles. The van der Waals surface area contributed by atoms with Gasteiger partial charge in [-0.05, 0) is 37.0 Å². The Labute approximate surface area is 99.1 Å². The van der Waals surface area contributed by atoms with Gasteiger partial charge in [-0.25, -0.2) is 0 Å². The lowest BCUT2D eigenvalue weighted by atomic mass is 9.85. The maximum atomic E-state index is 11.3. The first-order chi connectivity index (χ1) is 7.69. The summed E-state index contributed by atoms with van der Waals surface area (Å²) >= 11 is 0. The summed E-state index contributed by atoms with van der Waals surface area (Å²) < 4.78 is 4.76. The molecule has 3 unspecified atom stereocenters. The van der Waals surface area contributed by atoms with Crippen molar-refractivity contribution in [1.82, 2.24) is 0 Å². The molecule has 0 aromatic rings. The van der Waals surface area contributed by atoms with Crippen LogP contribution >= 0.6 is 0 Å². The van der Waals surface area contributed by atoms with Crippen LogP contribution in [0, 0.1) is 17.8 Å². The number of rotatable bonds is 5. The third-order valence-electron chi connectivity index (χ3n) is 3.80. The Hall–Kier alpha value is -0.790. The highest BCUT2D eigenvalue weighted by Crippen LogP contribution is 2.41. The largest absolute Gasteiger partial charge is 0.469 e. The van der Waals surface area contributed by atoms with E-state index in [0.717, 1.165) is 18.8 Å². The summed E-state index contributed by atoms with van der Waals surface area (Å²) in [6.45, 7) is 4.46. The molecule has 0 heterocycles. The lowest BCUT2D eigenvalue weighted by molar-refractivity contribution is -0.142. The fourth-order valence-electron chi connectivity index (χ4n) is 2.77. The van der Waals surface area contributed by atoms with Gasteiger partial charge in [-0.1, -0.05) is 32.4 Å². The lowest BCUT2D eigenvalue weighted by Gasteiger charge is -2.20. The number of carbonyl (C=O) groups excluding carboxylic acids is 1. The molecule has 1 aliphatic carbocycles. The summed E-state index contributed by atoms with van der Waals surface area (Å²) in [6, 6.07) is 0. The van der Waals surface area contributed by atoms with Crippen molar-refractivity contribution in [3.63, 3.8) is 0 Å². The summed E-state index contributed by atoms with van der Waals surface area (Å²) in [6.07, 6.45) is 9.76. The number of hydrogen-bond acceptors (Lipinski definition) is 2. The molecule has 0 amide bonds. The zero-order chi connectivity index (χ0) is 12.0. The zero-order valence-corrected chi connectivity index (χ0v) is 10.7. The minimum absolute atomic E-state index is 0.0522. The normalized spacial score (nSPS) is 29.8. The fraction of sp³-hybridized carbons (Fsp3) is 0.786. The van der Waals surface area contributed by atoms with Crippen molar-refractivity contribution in [1.29, 1.82) is 0 Å². The van der Waals surface area contributed by atoms with Gasteiger partial charge in [0.2, 0.25) is 0 Å². The van der Waals surface area contributed by atoms with Crippen LogP contribution in [0.15, 0.2) is 12.2 Å². The number of esters is 1. The van der Waals surface area contributed by atoms with E-state index in [0.29, 0.717) is 18.3 Å². The highest BCUT2D eigenvalue weighted by Gasteiger charge is 2.33. The molecule has 1 fully saturated rings. The summed E-state index contributed by atoms with van der Waals surface area (Å²) in [5.41, 5.74) is 0. The molecule has 1 saturated carbocycles. The average Bonchev–Trinajstić information content (AvgIpc) is 2.61. The first kappa shape index (κ1) is 13.3. The van der Waals surface area contributed by atoms with Crippen molar-refractivity contribution < 1.29 is 9.53 Å². The third kappa shape index (κ3) is 3.66. The molecule has 92 valence electrons. The van der Waals surface area contributed by atoms with Crippen molar-refractivity contribution >= 4 is 5.97 Å². The predicted octanol–water partition coefficient (Wildman–Crippen LogP) is 3.57. The van der Waals surface area contributed by atoms with Crippen LogP contribution in [0.25, 0.3) is 0 Å². The monoisotopic (exact) mass is 224 g/mol. The molecule has 0 N–H and O–H groups in total. The lowest BCUT2D eigenvalue weighted by Crippen LogP contribution is -2.17. The van der Waals surface area contributed by atoms with Gasteiger partial charge in [-0.3, -0.25) is 4.79 Å². The molecule has 0 aliphatic heterocycles. The van der Waals surface area contributed by atoms with Crippen molar-refractivity contribution in [2.24, 2.45) is 17.8 Å². The Morgan fingerprint density at radius 2 is 2.12 bits per heavy atom. The summed E-state index contributed by atoms with van der Waals surface area (Å²) in [5, 5.41) is 0. The van der Waals surface area contributed by atoms with E-state index in [2.05, 4.69) is 26.0 Å². The molecular weight excluding hydrogens is 200 g/mol. The summed E-state index contributed by atoms with van der Waals surface area (Å²) in [5.74, 6) is 1.89. The Balaban J connectivity index is 2.48. The van der Waals surface area contributed by atoms with Gasteiger partial charge in [0.05, 0.1) is 7.11 Å². The van der Waals surface area contributed by atoms with Gasteiger partial charge in [0.1, 0.15) is 0 Å². The molecule has 0 aromatic heterocycles. The second-order valence-electron chi connectivity index (χ2n) is 4.87. The van der Waals surface area contributed by atoms with Gasteiger partial charge in [0, 0.05) is 6.42 Å². The fourth-order valence-corrected chi connectivity index (χ4v) is 2.77. The standard InChI is InChI=1S/C14H24O2/c1-4-5-6-7-13-11(2)8-9-12(13)10-14(15)16-3/h5-6,11-13H,4,7-10H2,1-3H3/b6-5-. The number of methoxy groups -OCH3 is 1. The SMILES string of the molecule is CC/C=C\CC1C(C)CCC1CC(=O)OC. The average molecular weight is 224 g/mol. The second-order valence-corrected chi connectivity index (χ2v) is 4.87. The highest BCUT2D eigenvalue weighted by atomic mass is 16.5. The first-order valence-corrected chi connectivity index (χ1v) is 6.40. The summed E-state index contributed by atoms with van der Waals surface area (Å²) in [7, 11) is 1.48. The van der Waals surface area contributed by atoms with Gasteiger partial charge in [-0.2, -0.15) is 0 Å². The van der Waals surface area contributed by atoms with E-state index in [-0.39, 0.29) is 5.97 Å². The first-order valence-electron chi connectivity index (χ1n) is 6.40. The third-order valence-corrected chi connectivity index (χ3v) is 3.80. The van der Waals surface area contributed by atoms with Crippen LogP contribution in [-0.4, -0.2) is 13.1 Å². The molecule has 0 bridgehead atoms. The quantitative estimate of drug-likeness (QED) is 0.527. The molecule has 16 heavy (non-hydrogen) atoms. The van der Waals surface area contributed by atoms with Crippen LogP contribution in [0.1, 0.15) is 46.0 Å². The van der Waals surface area contributed by atoms with Crippen LogP contribution in [-0.2, 0) is 9.53 Å². The van der Waals surface area contributed by atoms with Crippen LogP contribution in [0.2, 0.25) is 0 Å². The molecule has 2 nitrogen and oxygen atoms in total. The van der Waals surface area contributed by atoms with Crippen molar-refractivity contribution in [3.05, 3.63) is 12.2 Å². The Morgan fingerprint density at radius 1 is 1.38 bits per heavy atom. The smallest absolute Gasteiger partial charge is 0.305 e. The van der Waals surface area contributed by atoms with E-state index < -0.39 is 0 Å². The van der Waals surface area contributed by atoms with Gasteiger partial charge >= 0.3 is 5.97 Å². The van der Waals surface area contributed by atoms with E-state index in [1.807, 2.05) is 0 Å². The van der Waals surface area contributed by atoms with E-state index in [9.17, 15) is 4.79 Å². The Morgan fingerprint density at radius 3 is 2.75 bits per heavy atom. The van der Waals surface area contributed by atoms with Crippen LogP contribution in [0.3, 0.4) is 0 Å². The van der Waals surface area contributed by atoms with Crippen LogP contribution in [0.4, 0.5) is 0 Å². The topological polar surface area (TPSA) is 26.3 Å². The molecule has 1 aliphatic rings. The Kier molecular flexibility index (Phi) is 5.58. The molecule has 0 spiro atoms. The van der Waals surface area contributed by atoms with Crippen LogP contribution in [0.5, 0.6) is 0 Å². The van der Waals surface area contributed by atoms with Crippen molar-refractivity contribution in [3.8, 4) is 0 Å². The van der Waals surface area contributed by atoms with E-state index in [1.165, 1.54) is 20.0 Å². The minimum Gasteiger partial charge on any atom is -0.469 e. The van der Waals surface area contributed by atoms with Crippen molar-refractivity contribution in [2.75, 3.05) is 7.11 Å². The maximum Gasteiger partial charge on any atom is 0.305 e. The number of allylic oxidation sites excluding steroid dienone is 2. The molecule has 2 heteroatoms. The van der Waals surface area contributed by atoms with Gasteiger partial charge < -0.3 is 4.74 Å². The predicted molar refractivity (Wildman–Crippen MR) is 66.1 cm³/mol. The molecular formula is C14H24O2. The Bertz CT molecular complexity index is 245. The number of hydrogen-bond donors (Lipinski definition) is 0. The van der Waals surface area contributed by atoms with E-state index in [1.54, 1.807) is 0 Å². The number of ether oxygens (including phenoxy) is 1. The molecule has 3 atom stereocenters. The zero-order valence-electron chi connectivity index (χ0n) is 10.7. The minimum atomic E-state index is -0.0522. The van der Waals surface area contributed by atoms with Crippen LogP contribution < -0.4 is 0 Å². The molecule has 1 rings (SSSR count). The molecule has 0 saturated heterocycles. The number of carbonyl (C=O) groups is 1. The molecule has 0 radical (unpaired) electrons. The summed E-state index contributed by atoms with van der Waals surface area (Å²) in [4.78, 5) is 11.3. The maximum absolute atomic E-state index is 11.3. The van der Waals surface area contributed by atoms with Gasteiger partial charge in [0.25, 0.3) is 0 Å². The van der Waals surface area contributed by atoms with Gasteiger partial charge in [0.15, 0.2) is 0 Å². The van der Waals surface area contributed by atoms with E-state index in [4.69, 9.17) is 4.74 Å². The van der Waals surface area contributed by atoms with Crippen molar-refractivity contribution in [2.45, 2.75) is 46.0 Å². The second kappa shape index (κ2) is 6.72. The highest BCUT2D eigenvalue weighted by molar-refractivity contribution is 5.69.